The van der Waals surface area contributed by atoms with Crippen LogP contribution in [0, 0.1) is 0 Å². The molecule has 0 spiro atoms. The molecule has 0 radical (unpaired) electrons. The van der Waals surface area contributed by atoms with E-state index in [1.54, 1.807) is 6.07 Å². The third kappa shape index (κ3) is 3.90. The number of nitrogens with zero attached hydrogens (tertiary/aromatic N) is 1. The Bertz CT molecular complexity index is 1040. The van der Waals surface area contributed by atoms with Crippen molar-refractivity contribution < 1.29 is 14.4 Å². The monoisotopic (exact) mass is 404 g/mol. The van der Waals surface area contributed by atoms with E-state index < -0.39 is 5.63 Å². The topological polar surface area (TPSA) is 61.0 Å². The maximum absolute atomic E-state index is 11.9. The molecule has 0 unspecified atom stereocenters. The lowest BCUT2D eigenvalue weighted by atomic mass is 10.1. The molecule has 2 heterocycles. The van der Waals surface area contributed by atoms with Crippen LogP contribution in [0.1, 0.15) is 5.56 Å². The molecule has 0 aliphatic carbocycles. The van der Waals surface area contributed by atoms with Crippen molar-refractivity contribution in [2.75, 3.05) is 31.1 Å². The Kier molecular flexibility index (Phi) is 5.00. The highest BCUT2D eigenvalue weighted by Crippen LogP contribution is 2.28. The Balaban J connectivity index is 1.52. The van der Waals surface area contributed by atoms with E-state index in [9.17, 15) is 9.90 Å². The average molecular weight is 405 g/mol. The second-order valence-corrected chi connectivity index (χ2v) is 7.61. The van der Waals surface area contributed by atoms with Gasteiger partial charge in [-0.3, -0.25) is 0 Å². The predicted molar refractivity (Wildman–Crippen MR) is 105 cm³/mol. The third-order valence-corrected chi connectivity index (χ3v) is 5.50. The lowest BCUT2D eigenvalue weighted by molar-refractivity contribution is -0.914. The number of nitrogens with one attached hydrogen (secondary N) is 1. The molecule has 0 bridgehead atoms. The highest BCUT2D eigenvalue weighted by Gasteiger charge is 2.22. The summed E-state index contributed by atoms with van der Waals surface area (Å²) in [5, 5.41) is 13.3. The Hall–Kier alpha value is -2.21. The Morgan fingerprint density at radius 1 is 1.11 bits per heavy atom. The van der Waals surface area contributed by atoms with E-state index in [0.717, 1.165) is 47.8 Å². The van der Waals surface area contributed by atoms with Crippen molar-refractivity contribution in [2.24, 2.45) is 0 Å². The second-order valence-electron chi connectivity index (χ2n) is 6.76. The molecule has 1 aromatic heterocycles. The molecule has 1 fully saturated rings. The fourth-order valence-corrected chi connectivity index (χ4v) is 3.92. The molecule has 0 atom stereocenters. The highest BCUT2D eigenvalue weighted by molar-refractivity contribution is 6.32. The van der Waals surface area contributed by atoms with E-state index in [1.807, 2.05) is 18.2 Å². The van der Waals surface area contributed by atoms with Crippen LogP contribution in [0.25, 0.3) is 11.0 Å². The summed E-state index contributed by atoms with van der Waals surface area (Å²) >= 11 is 12.1. The fourth-order valence-electron chi connectivity index (χ4n) is 3.57. The number of benzene rings is 2. The van der Waals surface area contributed by atoms with E-state index in [0.29, 0.717) is 12.1 Å². The normalized spacial score (nSPS) is 15.4. The molecule has 3 aromatic rings. The van der Waals surface area contributed by atoms with Crippen LogP contribution in [0.2, 0.25) is 10.0 Å². The number of piperazine rings is 1. The van der Waals surface area contributed by atoms with Crippen molar-refractivity contribution in [1.29, 1.82) is 0 Å². The average Bonchev–Trinajstić information content (AvgIpc) is 2.64. The smallest absolute Gasteiger partial charge is 0.336 e. The van der Waals surface area contributed by atoms with Gasteiger partial charge >= 0.3 is 5.63 Å². The van der Waals surface area contributed by atoms with Gasteiger partial charge in [0.2, 0.25) is 0 Å². The summed E-state index contributed by atoms with van der Waals surface area (Å²) in [4.78, 5) is 15.6. The van der Waals surface area contributed by atoms with Crippen LogP contribution < -0.4 is 20.5 Å². The number of anilines is 1. The van der Waals surface area contributed by atoms with E-state index in [2.05, 4.69) is 11.0 Å². The van der Waals surface area contributed by atoms with E-state index in [4.69, 9.17) is 27.6 Å². The van der Waals surface area contributed by atoms with Crippen LogP contribution in [0.5, 0.6) is 5.75 Å². The zero-order valence-corrected chi connectivity index (χ0v) is 16.0. The summed E-state index contributed by atoms with van der Waals surface area (Å²) < 4.78 is 5.17. The summed E-state index contributed by atoms with van der Waals surface area (Å²) in [5.41, 5.74) is 1.83. The van der Waals surface area contributed by atoms with Gasteiger partial charge in [-0.2, -0.15) is 0 Å². The van der Waals surface area contributed by atoms with Gasteiger partial charge < -0.3 is 19.3 Å². The van der Waals surface area contributed by atoms with Crippen molar-refractivity contribution in [3.8, 4) is 5.75 Å². The fraction of sp³-hybridized carbons (Fsp3) is 0.250. The number of hydrogen-bond acceptors (Lipinski definition) is 4. The molecule has 0 amide bonds. The van der Waals surface area contributed by atoms with Crippen molar-refractivity contribution >= 4 is 39.9 Å². The number of halogens is 2. The van der Waals surface area contributed by atoms with Gasteiger partial charge in [-0.05, 0) is 30.3 Å². The zero-order chi connectivity index (χ0) is 19.0. The van der Waals surface area contributed by atoms with E-state index >= 15 is 0 Å². The van der Waals surface area contributed by atoms with Gasteiger partial charge in [0.25, 0.3) is 0 Å². The molecule has 1 saturated heterocycles. The van der Waals surface area contributed by atoms with Crippen molar-refractivity contribution in [3.05, 3.63) is 68.5 Å². The molecule has 1 N–H and O–H groups in total. The molecule has 5 nitrogen and oxygen atoms in total. The number of hydrogen-bond donors (Lipinski definition) is 1. The first kappa shape index (κ1) is 18.2. The van der Waals surface area contributed by atoms with Gasteiger partial charge in [0, 0.05) is 32.7 Å². The number of rotatable bonds is 3. The van der Waals surface area contributed by atoms with Gasteiger partial charge in [0.15, 0.2) is 0 Å². The maximum Gasteiger partial charge on any atom is 0.336 e. The van der Waals surface area contributed by atoms with Crippen molar-refractivity contribution in [2.45, 2.75) is 6.54 Å². The molecular weight excluding hydrogens is 387 g/mol. The van der Waals surface area contributed by atoms with Gasteiger partial charge in [-0.25, -0.2) is 4.79 Å². The molecule has 1 aliphatic heterocycles. The molecule has 2 aromatic carbocycles. The van der Waals surface area contributed by atoms with Crippen LogP contribution in [-0.2, 0) is 6.54 Å². The van der Waals surface area contributed by atoms with Crippen LogP contribution in [-0.4, -0.2) is 26.2 Å². The number of quaternary nitrogens is 1. The summed E-state index contributed by atoms with van der Waals surface area (Å²) in [7, 11) is 0. The van der Waals surface area contributed by atoms with Crippen LogP contribution in [0.4, 0.5) is 5.69 Å². The first-order valence-electron chi connectivity index (χ1n) is 8.77. The lowest BCUT2D eigenvalue weighted by Crippen LogP contribution is -3.13. The standard InChI is InChI=1S/C20H18Cl2N2O3/c21-14-2-1-3-15(9-14)24-6-4-23(5-7-24)12-13-8-20(26)27-19-11-18(25)17(22)10-16(13)19/h1-3,8-11,25H,4-7,12H2. The summed E-state index contributed by atoms with van der Waals surface area (Å²) in [6, 6.07) is 12.3. The van der Waals surface area contributed by atoms with Crippen LogP contribution >= 0.6 is 23.2 Å². The van der Waals surface area contributed by atoms with Crippen molar-refractivity contribution in [3.63, 3.8) is 0 Å². The SMILES string of the molecule is O=c1cc(C[NH+]2CCN(c3cccc(Cl)c3)CC2)c2cc(Cl)c([O-])cc2o1. The van der Waals surface area contributed by atoms with Gasteiger partial charge in [-0.1, -0.05) is 35.0 Å². The molecule has 140 valence electrons. The quantitative estimate of drug-likeness (QED) is 0.678. The Labute approximate surface area is 166 Å². The minimum Gasteiger partial charge on any atom is -0.871 e. The molecule has 27 heavy (non-hydrogen) atoms. The van der Waals surface area contributed by atoms with E-state index in [-0.39, 0.29) is 10.8 Å². The second kappa shape index (κ2) is 7.43. The summed E-state index contributed by atoms with van der Waals surface area (Å²) in [6.45, 7) is 4.35. The molecular formula is C20H18Cl2N2O3. The van der Waals surface area contributed by atoms with Crippen molar-refractivity contribution in [1.82, 2.24) is 0 Å². The van der Waals surface area contributed by atoms with E-state index in [1.165, 1.54) is 17.0 Å². The predicted octanol–water partition coefficient (Wildman–Crippen LogP) is 2.08. The number of fused-ring (bicyclic) bond motifs is 1. The molecule has 4 rings (SSSR count). The largest absolute Gasteiger partial charge is 0.871 e. The zero-order valence-electron chi connectivity index (χ0n) is 14.5. The maximum atomic E-state index is 11.9. The molecule has 1 aliphatic rings. The van der Waals surface area contributed by atoms with Gasteiger partial charge in [-0.15, -0.1) is 0 Å². The van der Waals surface area contributed by atoms with Crippen LogP contribution in [0.3, 0.4) is 0 Å². The Morgan fingerprint density at radius 2 is 1.89 bits per heavy atom. The molecule has 0 saturated carbocycles. The van der Waals surface area contributed by atoms with Gasteiger partial charge in [0.05, 0.1) is 26.2 Å². The minimum absolute atomic E-state index is 0.137. The first-order chi connectivity index (χ1) is 13.0. The summed E-state index contributed by atoms with van der Waals surface area (Å²) in [6.07, 6.45) is 0. The lowest BCUT2D eigenvalue weighted by Gasteiger charge is -2.33. The summed E-state index contributed by atoms with van der Waals surface area (Å²) in [5.74, 6) is -0.341. The molecule has 7 heteroatoms. The highest BCUT2D eigenvalue weighted by atomic mass is 35.5. The third-order valence-electron chi connectivity index (χ3n) is 4.97. The Morgan fingerprint density at radius 3 is 2.63 bits per heavy atom. The van der Waals surface area contributed by atoms with Gasteiger partial charge in [0.1, 0.15) is 12.1 Å². The van der Waals surface area contributed by atoms with Crippen LogP contribution in [0.15, 0.2) is 51.7 Å². The first-order valence-corrected chi connectivity index (χ1v) is 9.52. The minimum atomic E-state index is -0.448.